The summed E-state index contributed by atoms with van der Waals surface area (Å²) < 4.78 is 11.6. The predicted octanol–water partition coefficient (Wildman–Crippen LogP) is 9.15. The summed E-state index contributed by atoms with van der Waals surface area (Å²) in [5, 5.41) is 7.04. The molecule has 4 heteroatoms. The van der Waals surface area contributed by atoms with Gasteiger partial charge < -0.3 is 9.47 Å². The molecule has 2 nitrogen and oxygen atoms in total. The van der Waals surface area contributed by atoms with Crippen LogP contribution in [0.1, 0.15) is 51.4 Å². The number of hydrogen-bond acceptors (Lipinski definition) is 2. The van der Waals surface area contributed by atoms with E-state index in [1.165, 1.54) is 77.0 Å². The van der Waals surface area contributed by atoms with Gasteiger partial charge in [0.05, 0.1) is 14.2 Å². The molecule has 0 fully saturated rings. The van der Waals surface area contributed by atoms with E-state index < -0.39 is 15.8 Å². The van der Waals surface area contributed by atoms with E-state index in [0.29, 0.717) is 5.66 Å². The first-order valence-electron chi connectivity index (χ1n) is 15.7. The molecular weight excluding hydrogens is 586 g/mol. The van der Waals surface area contributed by atoms with Crippen LogP contribution in [0.3, 0.4) is 0 Å². The van der Waals surface area contributed by atoms with Crippen molar-refractivity contribution in [1.29, 1.82) is 0 Å². The molecule has 0 bridgehead atoms. The van der Waals surface area contributed by atoms with Crippen molar-refractivity contribution in [2.45, 2.75) is 68.0 Å². The quantitative estimate of drug-likeness (QED) is 0.171. The van der Waals surface area contributed by atoms with E-state index in [1.807, 2.05) is 0 Å². The van der Waals surface area contributed by atoms with E-state index in [4.69, 9.17) is 9.47 Å². The van der Waals surface area contributed by atoms with Crippen LogP contribution in [0.25, 0.3) is 0 Å². The molecule has 0 unspecified atom stereocenters. The van der Waals surface area contributed by atoms with E-state index in [9.17, 15) is 0 Å². The summed E-state index contributed by atoms with van der Waals surface area (Å²) in [5.41, 5.74) is 10.3. The number of benzene rings is 4. The van der Waals surface area contributed by atoms with Gasteiger partial charge in [-0.05, 0) is 150 Å². The van der Waals surface area contributed by atoms with Crippen molar-refractivity contribution in [2.75, 3.05) is 14.2 Å². The third-order valence-electron chi connectivity index (χ3n) is 8.69. The number of allylic oxidation sites excluding steroid dienone is 4. The second-order valence-corrected chi connectivity index (χ2v) is 17.4. The first-order valence-corrected chi connectivity index (χ1v) is 18.5. The summed E-state index contributed by atoms with van der Waals surface area (Å²) in [4.78, 5) is 0. The van der Waals surface area contributed by atoms with Crippen molar-refractivity contribution >= 4 is 37.1 Å². The number of ether oxygens (including phenoxy) is 2. The van der Waals surface area contributed by atoms with Gasteiger partial charge in [0.15, 0.2) is 0 Å². The monoisotopic (exact) mass is 633 g/mol. The maximum Gasteiger partial charge on any atom is 0.124 e. The summed E-state index contributed by atoms with van der Waals surface area (Å²) >= 11 is 0. The molecule has 0 aromatic heterocycles. The smallest absolute Gasteiger partial charge is 0.124 e. The van der Waals surface area contributed by atoms with Crippen LogP contribution in [0.2, 0.25) is 0 Å². The van der Waals surface area contributed by atoms with Crippen LogP contribution >= 0.6 is 15.8 Å². The van der Waals surface area contributed by atoms with Gasteiger partial charge in [0.1, 0.15) is 11.5 Å². The third-order valence-corrected chi connectivity index (χ3v) is 13.8. The second-order valence-electron chi connectivity index (χ2n) is 12.7. The fraction of sp³-hybridized carbons (Fsp3) is 0.293. The lowest BCUT2D eigenvalue weighted by Crippen LogP contribution is -2.27. The Morgan fingerprint density at radius 1 is 0.511 bits per heavy atom. The molecule has 4 aromatic carbocycles. The van der Waals surface area contributed by atoms with Crippen LogP contribution < -0.4 is 30.7 Å². The molecule has 45 heavy (non-hydrogen) atoms. The predicted molar refractivity (Wildman–Crippen MR) is 199 cm³/mol. The molecule has 1 radical (unpaired) electrons. The zero-order valence-corrected chi connectivity index (χ0v) is 30.6. The Balaban J connectivity index is 1.69. The molecule has 0 amide bonds. The van der Waals surface area contributed by atoms with Crippen LogP contribution in [-0.4, -0.2) is 19.9 Å². The van der Waals surface area contributed by atoms with Gasteiger partial charge in [0.25, 0.3) is 0 Å². The number of rotatable bonds is 9. The molecule has 0 aliphatic heterocycles. The second kappa shape index (κ2) is 13.7. The van der Waals surface area contributed by atoms with Crippen LogP contribution in [-0.2, 0) is 0 Å². The Morgan fingerprint density at radius 2 is 0.889 bits per heavy atom. The Hall–Kier alpha value is -3.18. The van der Waals surface area contributed by atoms with E-state index in [0.717, 1.165) is 11.5 Å². The number of methoxy groups -OCH3 is 2. The van der Waals surface area contributed by atoms with Crippen molar-refractivity contribution in [3.8, 4) is 11.5 Å². The molecule has 1 aliphatic carbocycles. The Morgan fingerprint density at radius 3 is 1.24 bits per heavy atom. The first kappa shape index (κ1) is 33.2. The van der Waals surface area contributed by atoms with Gasteiger partial charge in [-0.2, -0.15) is 0 Å². The average Bonchev–Trinajstić information content (AvgIpc) is 3.41. The average molecular weight is 634 g/mol. The van der Waals surface area contributed by atoms with E-state index in [1.54, 1.807) is 14.2 Å². The zero-order valence-electron chi connectivity index (χ0n) is 28.8. The molecule has 233 valence electrons. The molecule has 0 spiro atoms. The van der Waals surface area contributed by atoms with Crippen LogP contribution in [0.5, 0.6) is 11.5 Å². The van der Waals surface area contributed by atoms with Gasteiger partial charge in [0.2, 0.25) is 0 Å². The summed E-state index contributed by atoms with van der Waals surface area (Å²) in [6.07, 6.45) is 7.06. The Bertz CT molecular complexity index is 1600. The third kappa shape index (κ3) is 6.84. The van der Waals surface area contributed by atoms with E-state index in [2.05, 4.69) is 141 Å². The molecule has 0 heterocycles. The van der Waals surface area contributed by atoms with Gasteiger partial charge in [-0.15, -0.1) is 0 Å². The van der Waals surface area contributed by atoms with E-state index in [-0.39, 0.29) is 0 Å². The lowest BCUT2D eigenvalue weighted by molar-refractivity contribution is 0.408. The van der Waals surface area contributed by atoms with Gasteiger partial charge in [-0.25, -0.2) is 0 Å². The lowest BCUT2D eigenvalue weighted by atomic mass is 10.1. The summed E-state index contributed by atoms with van der Waals surface area (Å²) in [6.45, 7) is 20.0. The molecule has 0 N–H and O–H groups in total. The minimum Gasteiger partial charge on any atom is -0.496 e. The fourth-order valence-corrected chi connectivity index (χ4v) is 13.2. The summed E-state index contributed by atoms with van der Waals surface area (Å²) in [7, 11) is 2.02. The maximum absolute atomic E-state index is 5.80. The van der Waals surface area contributed by atoms with Gasteiger partial charge in [-0.3, -0.25) is 0 Å². The SMILES string of the molecule is COc1c(C)cc(P(C2=CC=C[C]2[C@H](C)P(c2cc(C)cc(C)c2)c2cc(C)cc(C)c2)c2cc(C)c(OC)c(C)c2)cc1C. The normalized spacial score (nSPS) is 13.9. The Labute approximate surface area is 274 Å². The fourth-order valence-electron chi connectivity index (χ4n) is 7.08. The highest BCUT2D eigenvalue weighted by Gasteiger charge is 2.36. The highest BCUT2D eigenvalue weighted by atomic mass is 31.1. The minimum atomic E-state index is -0.850. The van der Waals surface area contributed by atoms with Crippen molar-refractivity contribution < 1.29 is 9.47 Å². The highest BCUT2D eigenvalue weighted by Crippen LogP contribution is 2.57. The van der Waals surface area contributed by atoms with Crippen molar-refractivity contribution in [3.05, 3.63) is 135 Å². The molecule has 1 aliphatic rings. The van der Waals surface area contributed by atoms with Crippen LogP contribution in [0.4, 0.5) is 0 Å². The minimum absolute atomic E-state index is 0.318. The first-order chi connectivity index (χ1) is 21.4. The summed E-state index contributed by atoms with van der Waals surface area (Å²) in [5.74, 6) is 3.39. The van der Waals surface area contributed by atoms with Gasteiger partial charge in [0, 0.05) is 5.92 Å². The lowest BCUT2D eigenvalue weighted by Gasteiger charge is -2.34. The maximum atomic E-state index is 5.80. The molecule has 1 atom stereocenters. The number of aryl methyl sites for hydroxylation is 8. The molecule has 0 saturated heterocycles. The molecular formula is C41H47O2P2. The standard InChI is InChI=1S/C41H47O2P2/c1-25-15-26(2)18-34(17-25)44(35-19-27(3)16-28(4)20-35)33(9)38-13-12-14-39(38)45(36-21-29(5)40(42-10)30(6)22-36)37-23-31(7)41(43-11)32(8)24-37/h12-24,33H,1-11H3/t33-/m0/s1. The molecule has 4 aromatic rings. The van der Waals surface area contributed by atoms with Crippen LogP contribution in [0.15, 0.2) is 84.2 Å². The largest absolute Gasteiger partial charge is 0.496 e. The molecule has 0 saturated carbocycles. The van der Waals surface area contributed by atoms with E-state index >= 15 is 0 Å². The summed E-state index contributed by atoms with van der Waals surface area (Å²) in [6, 6.07) is 23.7. The number of hydrogen-bond donors (Lipinski definition) is 0. The molecule has 5 rings (SSSR count). The van der Waals surface area contributed by atoms with Crippen molar-refractivity contribution in [1.82, 2.24) is 0 Å². The topological polar surface area (TPSA) is 18.5 Å². The van der Waals surface area contributed by atoms with Gasteiger partial charge in [-0.1, -0.05) is 83.8 Å². The van der Waals surface area contributed by atoms with Crippen molar-refractivity contribution in [2.24, 2.45) is 0 Å². The van der Waals surface area contributed by atoms with Gasteiger partial charge >= 0.3 is 0 Å². The Kier molecular flexibility index (Phi) is 10.1. The van der Waals surface area contributed by atoms with Crippen LogP contribution in [0, 0.1) is 61.3 Å². The highest BCUT2D eigenvalue weighted by molar-refractivity contribution is 7.77. The zero-order chi connectivity index (χ0) is 32.6. The van der Waals surface area contributed by atoms with Crippen molar-refractivity contribution in [3.63, 3.8) is 0 Å².